The molecule has 0 aromatic carbocycles. The molecule has 0 aromatic rings. The first-order chi connectivity index (χ1) is 7.43. The van der Waals surface area contributed by atoms with Crippen LogP contribution in [0, 0.1) is 0 Å². The van der Waals surface area contributed by atoms with Crippen molar-refractivity contribution in [2.24, 2.45) is 0 Å². The van der Waals surface area contributed by atoms with Crippen LogP contribution in [0.1, 0.15) is 33.6 Å². The van der Waals surface area contributed by atoms with Gasteiger partial charge < -0.3 is 10.0 Å². The fourth-order valence-corrected chi connectivity index (χ4v) is 2.15. The summed E-state index contributed by atoms with van der Waals surface area (Å²) in [5.41, 5.74) is 0. The van der Waals surface area contributed by atoms with Crippen LogP contribution in [0.3, 0.4) is 0 Å². The Bertz CT molecular complexity index is 241. The van der Waals surface area contributed by atoms with Gasteiger partial charge in [0.2, 0.25) is 5.91 Å². The summed E-state index contributed by atoms with van der Waals surface area (Å²) in [4.78, 5) is 16.1. The second-order valence-electron chi connectivity index (χ2n) is 5.05. The van der Waals surface area contributed by atoms with E-state index in [1.165, 1.54) is 0 Å². The van der Waals surface area contributed by atoms with Crippen molar-refractivity contribution in [2.45, 2.75) is 51.8 Å². The number of aliphatic hydroxyl groups is 1. The SMILES string of the molecule is CC(O)CCN(C)C1CCN(C(C)C)C1=O. The lowest BCUT2D eigenvalue weighted by Gasteiger charge is -2.25. The maximum absolute atomic E-state index is 12.1. The highest BCUT2D eigenvalue weighted by molar-refractivity contribution is 5.84. The molecule has 1 aliphatic rings. The summed E-state index contributed by atoms with van der Waals surface area (Å²) in [5.74, 6) is 0.239. The molecule has 0 aromatic heterocycles. The summed E-state index contributed by atoms with van der Waals surface area (Å²) in [5, 5.41) is 9.23. The molecule has 4 nitrogen and oxygen atoms in total. The molecule has 4 heteroatoms. The summed E-state index contributed by atoms with van der Waals surface area (Å²) in [6.45, 7) is 7.52. The third kappa shape index (κ3) is 3.19. The van der Waals surface area contributed by atoms with E-state index in [9.17, 15) is 9.90 Å². The van der Waals surface area contributed by atoms with Crippen molar-refractivity contribution in [3.8, 4) is 0 Å². The Morgan fingerprint density at radius 3 is 2.56 bits per heavy atom. The minimum atomic E-state index is -0.292. The lowest BCUT2D eigenvalue weighted by atomic mass is 10.2. The molecule has 2 atom stereocenters. The molecule has 0 radical (unpaired) electrons. The van der Waals surface area contributed by atoms with Crippen LogP contribution in [0.25, 0.3) is 0 Å². The van der Waals surface area contributed by atoms with E-state index >= 15 is 0 Å². The molecule has 1 aliphatic heterocycles. The maximum Gasteiger partial charge on any atom is 0.240 e. The van der Waals surface area contributed by atoms with E-state index in [2.05, 4.69) is 18.7 Å². The van der Waals surface area contributed by atoms with Gasteiger partial charge in [0.15, 0.2) is 0 Å². The maximum atomic E-state index is 12.1. The Labute approximate surface area is 98.2 Å². The highest BCUT2D eigenvalue weighted by Crippen LogP contribution is 2.18. The fourth-order valence-electron chi connectivity index (χ4n) is 2.15. The van der Waals surface area contributed by atoms with E-state index in [1.54, 1.807) is 6.92 Å². The quantitative estimate of drug-likeness (QED) is 0.753. The minimum Gasteiger partial charge on any atom is -0.393 e. The van der Waals surface area contributed by atoms with Crippen LogP contribution in [-0.2, 0) is 4.79 Å². The number of aliphatic hydroxyl groups excluding tert-OH is 1. The van der Waals surface area contributed by atoms with E-state index in [0.29, 0.717) is 6.04 Å². The predicted octanol–water partition coefficient (Wildman–Crippen LogP) is 0.698. The lowest BCUT2D eigenvalue weighted by molar-refractivity contribution is -0.133. The number of carbonyl (C=O) groups excluding carboxylic acids is 1. The van der Waals surface area contributed by atoms with Crippen molar-refractivity contribution >= 4 is 5.91 Å². The smallest absolute Gasteiger partial charge is 0.240 e. The minimum absolute atomic E-state index is 0.0150. The third-order valence-electron chi connectivity index (χ3n) is 3.27. The number of likely N-dealkylation sites (tertiary alicyclic amines) is 1. The van der Waals surface area contributed by atoms with Gasteiger partial charge in [-0.3, -0.25) is 9.69 Å². The first-order valence-corrected chi connectivity index (χ1v) is 6.12. The highest BCUT2D eigenvalue weighted by atomic mass is 16.3. The zero-order valence-corrected chi connectivity index (χ0v) is 10.8. The molecule has 94 valence electrons. The van der Waals surface area contributed by atoms with Crippen LogP contribution in [0.4, 0.5) is 0 Å². The first-order valence-electron chi connectivity index (χ1n) is 6.12. The Hall–Kier alpha value is -0.610. The number of amides is 1. The molecule has 1 saturated heterocycles. The van der Waals surface area contributed by atoms with Crippen LogP contribution in [0.5, 0.6) is 0 Å². The zero-order valence-electron chi connectivity index (χ0n) is 10.8. The van der Waals surface area contributed by atoms with Crippen molar-refractivity contribution < 1.29 is 9.90 Å². The first kappa shape index (κ1) is 13.5. The molecule has 1 rings (SSSR count). The summed E-state index contributed by atoms with van der Waals surface area (Å²) in [6, 6.07) is 0.309. The standard InChI is InChI=1S/C12H24N2O2/c1-9(2)14-8-6-11(12(14)16)13(4)7-5-10(3)15/h9-11,15H,5-8H2,1-4H3. The van der Waals surface area contributed by atoms with Gasteiger partial charge in [-0.1, -0.05) is 0 Å². The number of hydrogen-bond donors (Lipinski definition) is 1. The van der Waals surface area contributed by atoms with Gasteiger partial charge in [0.1, 0.15) is 0 Å². The molecule has 2 unspecified atom stereocenters. The lowest BCUT2D eigenvalue weighted by Crippen LogP contribution is -2.42. The molecule has 16 heavy (non-hydrogen) atoms. The summed E-state index contributed by atoms with van der Waals surface area (Å²) >= 11 is 0. The Balaban J connectivity index is 2.46. The average Bonchev–Trinajstić information content (AvgIpc) is 2.56. The van der Waals surface area contributed by atoms with Crippen molar-refractivity contribution in [3.63, 3.8) is 0 Å². The molecular formula is C12H24N2O2. The number of rotatable bonds is 5. The topological polar surface area (TPSA) is 43.8 Å². The fraction of sp³-hybridized carbons (Fsp3) is 0.917. The molecule has 1 amide bonds. The molecule has 0 aliphatic carbocycles. The molecule has 0 bridgehead atoms. The van der Waals surface area contributed by atoms with Gasteiger partial charge in [0.05, 0.1) is 12.1 Å². The second-order valence-corrected chi connectivity index (χ2v) is 5.05. The normalized spacial score (nSPS) is 23.6. The summed E-state index contributed by atoms with van der Waals surface area (Å²) in [6.07, 6.45) is 1.34. The summed E-state index contributed by atoms with van der Waals surface area (Å²) < 4.78 is 0. The van der Waals surface area contributed by atoms with Gasteiger partial charge in [-0.25, -0.2) is 0 Å². The van der Waals surface area contributed by atoms with Crippen molar-refractivity contribution in [1.29, 1.82) is 0 Å². The van der Waals surface area contributed by atoms with Gasteiger partial charge in [-0.05, 0) is 40.7 Å². The van der Waals surface area contributed by atoms with E-state index in [1.807, 2.05) is 11.9 Å². The van der Waals surface area contributed by atoms with Gasteiger partial charge in [-0.15, -0.1) is 0 Å². The Morgan fingerprint density at radius 2 is 2.12 bits per heavy atom. The molecule has 1 N–H and O–H groups in total. The highest BCUT2D eigenvalue weighted by Gasteiger charge is 2.35. The van der Waals surface area contributed by atoms with Crippen molar-refractivity contribution in [1.82, 2.24) is 9.80 Å². The Kier molecular flexibility index (Phi) is 4.74. The van der Waals surface area contributed by atoms with Gasteiger partial charge in [0, 0.05) is 19.1 Å². The zero-order chi connectivity index (χ0) is 12.3. The van der Waals surface area contributed by atoms with Gasteiger partial charge >= 0.3 is 0 Å². The van der Waals surface area contributed by atoms with Crippen LogP contribution in [0.2, 0.25) is 0 Å². The van der Waals surface area contributed by atoms with Crippen molar-refractivity contribution in [2.75, 3.05) is 20.1 Å². The average molecular weight is 228 g/mol. The van der Waals surface area contributed by atoms with Crippen LogP contribution in [-0.4, -0.2) is 59.1 Å². The van der Waals surface area contributed by atoms with Crippen LogP contribution in [0.15, 0.2) is 0 Å². The van der Waals surface area contributed by atoms with E-state index in [0.717, 1.165) is 25.9 Å². The summed E-state index contributed by atoms with van der Waals surface area (Å²) in [7, 11) is 1.97. The van der Waals surface area contributed by atoms with Gasteiger partial charge in [0.25, 0.3) is 0 Å². The largest absolute Gasteiger partial charge is 0.393 e. The monoisotopic (exact) mass is 228 g/mol. The van der Waals surface area contributed by atoms with Crippen LogP contribution >= 0.6 is 0 Å². The molecule has 1 heterocycles. The number of hydrogen-bond acceptors (Lipinski definition) is 3. The van der Waals surface area contributed by atoms with E-state index in [-0.39, 0.29) is 18.1 Å². The van der Waals surface area contributed by atoms with Crippen molar-refractivity contribution in [3.05, 3.63) is 0 Å². The molecule has 0 spiro atoms. The molecule has 1 fully saturated rings. The van der Waals surface area contributed by atoms with E-state index < -0.39 is 0 Å². The Morgan fingerprint density at radius 1 is 1.50 bits per heavy atom. The third-order valence-corrected chi connectivity index (χ3v) is 3.27. The molecule has 0 saturated carbocycles. The molecular weight excluding hydrogens is 204 g/mol. The van der Waals surface area contributed by atoms with Gasteiger partial charge in [-0.2, -0.15) is 0 Å². The second kappa shape index (κ2) is 5.64. The van der Waals surface area contributed by atoms with Crippen LogP contribution < -0.4 is 0 Å². The number of carbonyl (C=O) groups is 1. The number of likely N-dealkylation sites (N-methyl/N-ethyl adjacent to an activating group) is 1. The van der Waals surface area contributed by atoms with E-state index in [4.69, 9.17) is 0 Å². The predicted molar refractivity (Wildman–Crippen MR) is 64.2 cm³/mol. The number of nitrogens with zero attached hydrogens (tertiary/aromatic N) is 2.